The van der Waals surface area contributed by atoms with Crippen LogP contribution in [0.4, 0.5) is 0 Å². The van der Waals surface area contributed by atoms with Crippen molar-refractivity contribution in [3.8, 4) is 11.5 Å². The molecule has 4 atom stereocenters. The lowest BCUT2D eigenvalue weighted by Crippen LogP contribution is -2.38. The summed E-state index contributed by atoms with van der Waals surface area (Å²) in [7, 11) is 1.87. The van der Waals surface area contributed by atoms with Crippen molar-refractivity contribution < 1.29 is 28.0 Å². The van der Waals surface area contributed by atoms with Gasteiger partial charge in [0.15, 0.2) is 16.5 Å². The molecule has 0 amide bonds. The van der Waals surface area contributed by atoms with Gasteiger partial charge in [0.05, 0.1) is 27.4 Å². The highest BCUT2D eigenvalue weighted by molar-refractivity contribution is 7.85. The Hall–Kier alpha value is -1.67. The molecule has 4 unspecified atom stereocenters. The summed E-state index contributed by atoms with van der Waals surface area (Å²) in [6.45, 7) is 5.88. The number of rotatable bonds is 10. The van der Waals surface area contributed by atoms with Crippen LogP contribution in [-0.2, 0) is 25.1 Å². The maximum absolute atomic E-state index is 12.7. The monoisotopic (exact) mass is 416 g/mol. The standard InChI is InChI=1S/C19H28O6S2/c1-7-24-18(20)17(19(26)25-8-2)16(12(3)27(6)21)13-9-10-14(22-4)15(11-13)23-5/h9-12,16-17H,7-8H2,1-6H3. The molecule has 152 valence electrons. The number of carbonyl (C=O) groups excluding carboxylic acids is 1. The van der Waals surface area contributed by atoms with E-state index in [2.05, 4.69) is 0 Å². The van der Waals surface area contributed by atoms with Gasteiger partial charge in [-0.05, 0) is 43.8 Å². The Morgan fingerprint density at radius 2 is 1.70 bits per heavy atom. The third-order valence-corrected chi connectivity index (χ3v) is 5.97. The molecule has 0 fully saturated rings. The van der Waals surface area contributed by atoms with Crippen molar-refractivity contribution in [2.75, 3.05) is 33.7 Å². The van der Waals surface area contributed by atoms with Gasteiger partial charge >= 0.3 is 5.97 Å². The van der Waals surface area contributed by atoms with Gasteiger partial charge < -0.3 is 18.9 Å². The first-order valence-electron chi connectivity index (χ1n) is 8.69. The van der Waals surface area contributed by atoms with E-state index < -0.39 is 28.6 Å². The van der Waals surface area contributed by atoms with Crippen LogP contribution in [0.5, 0.6) is 11.5 Å². The molecule has 0 spiro atoms. The lowest BCUT2D eigenvalue weighted by atomic mass is 9.83. The van der Waals surface area contributed by atoms with Crippen LogP contribution in [0.15, 0.2) is 18.2 Å². The normalized spacial score (nSPS) is 15.2. The van der Waals surface area contributed by atoms with Gasteiger partial charge in [-0.25, -0.2) is 0 Å². The Kier molecular flexibility index (Phi) is 9.73. The summed E-state index contributed by atoms with van der Waals surface area (Å²) in [6.07, 6.45) is 1.60. The fraction of sp³-hybridized carbons (Fsp3) is 0.579. The molecular weight excluding hydrogens is 388 g/mol. The van der Waals surface area contributed by atoms with E-state index in [4.69, 9.17) is 31.2 Å². The quantitative estimate of drug-likeness (QED) is 0.429. The first kappa shape index (κ1) is 23.4. The highest BCUT2D eigenvalue weighted by atomic mass is 32.2. The predicted molar refractivity (Wildman–Crippen MR) is 110 cm³/mol. The Balaban J connectivity index is 3.54. The van der Waals surface area contributed by atoms with E-state index >= 15 is 0 Å². The lowest BCUT2D eigenvalue weighted by Gasteiger charge is -2.30. The molecular formula is C19H28O6S2. The Labute approximate surface area is 169 Å². The third-order valence-electron chi connectivity index (χ3n) is 4.26. The SMILES string of the molecule is CCOC(=O)C(C(=S)OCC)C(c1ccc(OC)c(OC)c1)C(C)S(C)=O. The molecule has 0 aliphatic heterocycles. The highest BCUT2D eigenvalue weighted by Crippen LogP contribution is 2.38. The Morgan fingerprint density at radius 1 is 1.11 bits per heavy atom. The molecule has 27 heavy (non-hydrogen) atoms. The minimum atomic E-state index is -1.21. The van der Waals surface area contributed by atoms with Crippen molar-refractivity contribution in [2.24, 2.45) is 5.92 Å². The first-order chi connectivity index (χ1) is 12.8. The second-order valence-corrected chi connectivity index (χ2v) is 7.97. The van der Waals surface area contributed by atoms with Gasteiger partial charge in [-0.2, -0.15) is 0 Å². The van der Waals surface area contributed by atoms with E-state index in [1.54, 1.807) is 39.3 Å². The maximum Gasteiger partial charge on any atom is 0.318 e. The smallest absolute Gasteiger partial charge is 0.318 e. The van der Waals surface area contributed by atoms with E-state index in [0.717, 1.165) is 5.56 Å². The summed E-state index contributed by atoms with van der Waals surface area (Å²) in [4.78, 5) is 12.7. The van der Waals surface area contributed by atoms with Gasteiger partial charge in [-0.15, -0.1) is 0 Å². The Morgan fingerprint density at radius 3 is 2.19 bits per heavy atom. The van der Waals surface area contributed by atoms with Crippen molar-refractivity contribution in [2.45, 2.75) is 31.9 Å². The van der Waals surface area contributed by atoms with Crippen molar-refractivity contribution in [1.82, 2.24) is 0 Å². The lowest BCUT2D eigenvalue weighted by molar-refractivity contribution is -0.146. The van der Waals surface area contributed by atoms with Crippen LogP contribution in [0.1, 0.15) is 32.3 Å². The van der Waals surface area contributed by atoms with Crippen molar-refractivity contribution in [3.63, 3.8) is 0 Å². The average molecular weight is 417 g/mol. The number of benzene rings is 1. The van der Waals surface area contributed by atoms with E-state index in [0.29, 0.717) is 18.1 Å². The molecule has 0 saturated heterocycles. The minimum absolute atomic E-state index is 0.132. The van der Waals surface area contributed by atoms with Gasteiger partial charge in [-0.3, -0.25) is 9.00 Å². The largest absolute Gasteiger partial charge is 0.493 e. The van der Waals surface area contributed by atoms with E-state index in [-0.39, 0.29) is 16.9 Å². The van der Waals surface area contributed by atoms with Gasteiger partial charge in [-0.1, -0.05) is 13.0 Å². The van der Waals surface area contributed by atoms with Gasteiger partial charge in [0, 0.05) is 28.2 Å². The third kappa shape index (κ3) is 5.90. The molecule has 0 bridgehead atoms. The van der Waals surface area contributed by atoms with Crippen LogP contribution in [0.25, 0.3) is 0 Å². The average Bonchev–Trinajstić information content (AvgIpc) is 2.64. The van der Waals surface area contributed by atoms with E-state index in [9.17, 15) is 9.00 Å². The van der Waals surface area contributed by atoms with Gasteiger partial charge in [0.1, 0.15) is 5.92 Å². The maximum atomic E-state index is 12.7. The fourth-order valence-electron chi connectivity index (χ4n) is 2.85. The number of carbonyl (C=O) groups is 1. The van der Waals surface area contributed by atoms with Gasteiger partial charge in [0.25, 0.3) is 0 Å². The minimum Gasteiger partial charge on any atom is -0.493 e. The number of hydrogen-bond donors (Lipinski definition) is 0. The zero-order valence-corrected chi connectivity index (χ0v) is 18.3. The topological polar surface area (TPSA) is 71.1 Å². The molecule has 1 aromatic carbocycles. The molecule has 1 aromatic rings. The first-order valence-corrected chi connectivity index (χ1v) is 10.7. The van der Waals surface area contributed by atoms with E-state index in [1.165, 1.54) is 7.11 Å². The van der Waals surface area contributed by atoms with Crippen LogP contribution < -0.4 is 9.47 Å². The number of thiocarbonyl (C=S) groups is 1. The molecule has 0 radical (unpaired) electrons. The summed E-state index contributed by atoms with van der Waals surface area (Å²) < 4.78 is 33.7. The van der Waals surface area contributed by atoms with Crippen LogP contribution in [0.2, 0.25) is 0 Å². The van der Waals surface area contributed by atoms with Crippen molar-refractivity contribution in [3.05, 3.63) is 23.8 Å². The highest BCUT2D eigenvalue weighted by Gasteiger charge is 2.40. The Bertz CT molecular complexity index is 658. The number of esters is 1. The molecule has 0 aliphatic rings. The molecule has 8 heteroatoms. The zero-order valence-electron chi connectivity index (χ0n) is 16.6. The second-order valence-electron chi connectivity index (χ2n) is 5.83. The summed E-state index contributed by atoms with van der Waals surface area (Å²) >= 11 is 5.38. The molecule has 0 heterocycles. The molecule has 0 aromatic heterocycles. The van der Waals surface area contributed by atoms with E-state index in [1.807, 2.05) is 13.0 Å². The number of hydrogen-bond acceptors (Lipinski definition) is 7. The van der Waals surface area contributed by atoms with Gasteiger partial charge in [0.2, 0.25) is 0 Å². The predicted octanol–water partition coefficient (Wildman–Crippen LogP) is 3.10. The van der Waals surface area contributed by atoms with Crippen molar-refractivity contribution in [1.29, 1.82) is 0 Å². The van der Waals surface area contributed by atoms with Crippen LogP contribution in [-0.4, -0.2) is 54.2 Å². The molecule has 0 saturated carbocycles. The summed E-state index contributed by atoms with van der Waals surface area (Å²) in [5.74, 6) is -0.789. The zero-order chi connectivity index (χ0) is 20.6. The van der Waals surface area contributed by atoms with Crippen LogP contribution in [0.3, 0.4) is 0 Å². The fourth-order valence-corrected chi connectivity index (χ4v) is 3.94. The molecule has 6 nitrogen and oxygen atoms in total. The number of methoxy groups -OCH3 is 2. The molecule has 0 N–H and O–H groups in total. The van der Waals surface area contributed by atoms with Crippen LogP contribution >= 0.6 is 12.2 Å². The molecule has 0 aliphatic carbocycles. The van der Waals surface area contributed by atoms with Crippen molar-refractivity contribution >= 4 is 34.0 Å². The summed E-state index contributed by atoms with van der Waals surface area (Å²) in [5, 5.41) is -0.246. The number of ether oxygens (including phenoxy) is 4. The van der Waals surface area contributed by atoms with Crippen LogP contribution in [0, 0.1) is 5.92 Å². The summed E-state index contributed by atoms with van der Waals surface area (Å²) in [6, 6.07) is 5.34. The second kappa shape index (κ2) is 11.2. The molecule has 1 rings (SSSR count). The summed E-state index contributed by atoms with van der Waals surface area (Å²) in [5.41, 5.74) is 0.746.